The summed E-state index contributed by atoms with van der Waals surface area (Å²) in [5.41, 5.74) is 4.80. The van der Waals surface area contributed by atoms with Crippen LogP contribution in [0.25, 0.3) is 22.6 Å². The molecule has 0 aliphatic carbocycles. The fourth-order valence-electron chi connectivity index (χ4n) is 3.04. The van der Waals surface area contributed by atoms with Crippen LogP contribution in [-0.4, -0.2) is 22.9 Å². The number of ether oxygens (including phenoxy) is 1. The third kappa shape index (κ3) is 4.93. The molecule has 1 atom stereocenters. The van der Waals surface area contributed by atoms with Crippen molar-refractivity contribution in [1.29, 1.82) is 0 Å². The number of oxazole rings is 1. The van der Waals surface area contributed by atoms with Crippen LogP contribution in [0.3, 0.4) is 0 Å². The number of anilines is 1. The number of hydrogen-bond acceptors (Lipinski definition) is 6. The fraction of sp³-hybridized carbons (Fsp3) is 0.0870. The molecule has 0 aliphatic heterocycles. The van der Waals surface area contributed by atoms with Gasteiger partial charge in [-0.2, -0.15) is 0 Å². The molecule has 0 aliphatic rings. The smallest absolute Gasteiger partial charge is 0.265 e. The number of hydrogen-bond donors (Lipinski definition) is 3. The Bertz CT molecular complexity index is 1340. The molecular formula is C23H18Cl2N4O4. The average molecular weight is 485 g/mol. The molecule has 4 rings (SSSR count). The molecule has 0 radical (unpaired) electrons. The number of halogens is 2. The number of benzene rings is 3. The number of nitrogens with two attached hydrogens (primary N) is 1. The highest BCUT2D eigenvalue weighted by Crippen LogP contribution is 2.32. The van der Waals surface area contributed by atoms with E-state index in [1.54, 1.807) is 67.6 Å². The molecule has 4 N–H and O–H groups in total. The largest absolute Gasteiger partial charge is 0.479 e. The number of amides is 2. The van der Waals surface area contributed by atoms with Gasteiger partial charge in [0.25, 0.3) is 11.8 Å². The molecule has 8 nitrogen and oxygen atoms in total. The average Bonchev–Trinajstić information content (AvgIpc) is 3.25. The molecule has 0 saturated carbocycles. The number of nitrogens with one attached hydrogen (secondary N) is 2. The Labute approximate surface area is 198 Å². The van der Waals surface area contributed by atoms with E-state index in [2.05, 4.69) is 15.7 Å². The van der Waals surface area contributed by atoms with E-state index in [1.807, 2.05) is 0 Å². The first-order valence-corrected chi connectivity index (χ1v) is 10.5. The van der Waals surface area contributed by atoms with Gasteiger partial charge in [0.1, 0.15) is 16.3 Å². The van der Waals surface area contributed by atoms with E-state index in [0.29, 0.717) is 44.6 Å². The minimum absolute atomic E-state index is 0.243. The first-order chi connectivity index (χ1) is 15.9. The molecule has 0 spiro atoms. The van der Waals surface area contributed by atoms with E-state index in [4.69, 9.17) is 38.2 Å². The van der Waals surface area contributed by atoms with Crippen LogP contribution in [-0.2, 0) is 4.79 Å². The molecule has 10 heteroatoms. The summed E-state index contributed by atoms with van der Waals surface area (Å²) in [4.78, 5) is 28.6. The lowest BCUT2D eigenvalue weighted by Gasteiger charge is -2.16. The number of carbonyl (C=O) groups excluding carboxylic acids is 2. The summed E-state index contributed by atoms with van der Waals surface area (Å²) in [6, 6.07) is 16.7. The van der Waals surface area contributed by atoms with Gasteiger partial charge in [0, 0.05) is 16.8 Å². The fourth-order valence-corrected chi connectivity index (χ4v) is 3.38. The van der Waals surface area contributed by atoms with Crippen LogP contribution in [0.2, 0.25) is 10.0 Å². The van der Waals surface area contributed by atoms with E-state index in [9.17, 15) is 9.59 Å². The molecule has 0 bridgehead atoms. The summed E-state index contributed by atoms with van der Waals surface area (Å²) in [5.74, 6) is 5.07. The number of nitrogen functional groups attached to an aromatic ring is 1. The Balaban J connectivity index is 1.48. The summed E-state index contributed by atoms with van der Waals surface area (Å²) in [6.07, 6.45) is -0.825. The number of rotatable bonds is 6. The first kappa shape index (κ1) is 22.6. The van der Waals surface area contributed by atoms with Crippen LogP contribution in [0.15, 0.2) is 65.1 Å². The lowest BCUT2D eigenvalue weighted by atomic mass is 10.1. The summed E-state index contributed by atoms with van der Waals surface area (Å²) in [6.45, 7) is 1.61. The molecule has 33 heavy (non-hydrogen) atoms. The lowest BCUT2D eigenvalue weighted by Crippen LogP contribution is -2.30. The van der Waals surface area contributed by atoms with E-state index in [-0.39, 0.29) is 10.9 Å². The number of fused-ring (bicyclic) bond motifs is 1. The van der Waals surface area contributed by atoms with Gasteiger partial charge < -0.3 is 14.5 Å². The van der Waals surface area contributed by atoms with Gasteiger partial charge in [-0.25, -0.2) is 10.8 Å². The molecular weight excluding hydrogens is 467 g/mol. The Morgan fingerprint density at radius 2 is 1.85 bits per heavy atom. The van der Waals surface area contributed by atoms with Gasteiger partial charge in [-0.15, -0.1) is 0 Å². The van der Waals surface area contributed by atoms with Crippen LogP contribution in [0.1, 0.15) is 17.3 Å². The highest BCUT2D eigenvalue weighted by molar-refractivity contribution is 6.42. The maximum Gasteiger partial charge on any atom is 0.265 e. The zero-order chi connectivity index (χ0) is 23.5. The van der Waals surface area contributed by atoms with Crippen molar-refractivity contribution < 1.29 is 18.7 Å². The normalized spacial score (nSPS) is 11.8. The second-order valence-corrected chi connectivity index (χ2v) is 7.84. The van der Waals surface area contributed by atoms with Crippen LogP contribution >= 0.6 is 23.2 Å². The number of carbonyl (C=O) groups is 2. The molecule has 0 unspecified atom stereocenters. The van der Waals surface area contributed by atoms with E-state index >= 15 is 0 Å². The minimum Gasteiger partial charge on any atom is -0.479 e. The Hall–Kier alpha value is -3.59. The van der Waals surface area contributed by atoms with Gasteiger partial charge in [-0.3, -0.25) is 15.0 Å². The summed E-state index contributed by atoms with van der Waals surface area (Å²) >= 11 is 12.1. The maximum absolute atomic E-state index is 12.6. The third-order valence-electron chi connectivity index (χ3n) is 4.77. The van der Waals surface area contributed by atoms with Gasteiger partial charge in [0.05, 0.1) is 5.02 Å². The summed E-state index contributed by atoms with van der Waals surface area (Å²) < 4.78 is 11.4. The van der Waals surface area contributed by atoms with Crippen molar-refractivity contribution >= 4 is 51.8 Å². The number of hydrazine groups is 1. The highest BCUT2D eigenvalue weighted by Gasteiger charge is 2.18. The second kappa shape index (κ2) is 9.50. The van der Waals surface area contributed by atoms with E-state index in [1.165, 1.54) is 0 Å². The number of nitrogens with zero attached hydrogens (tertiary/aromatic N) is 1. The Morgan fingerprint density at radius 3 is 2.58 bits per heavy atom. The molecule has 168 valence electrons. The van der Waals surface area contributed by atoms with Gasteiger partial charge in [0.2, 0.25) is 5.89 Å². The van der Waals surface area contributed by atoms with Crippen molar-refractivity contribution in [1.82, 2.24) is 10.4 Å². The Morgan fingerprint density at radius 1 is 1.09 bits per heavy atom. The standard InChI is InChI=1S/C23H18Cl2N4O4/c1-12(32-19-4-2-3-16(24)20(19)25)21(30)27-15-9-10-18-17(11-15)28-23(33-18)14-7-5-13(6-8-14)22(31)29-26/h2-12H,26H2,1H3,(H,27,30)(H,29,31)/t12-/m0/s1. The Kier molecular flexibility index (Phi) is 6.50. The van der Waals surface area contributed by atoms with Crippen molar-refractivity contribution in [2.75, 3.05) is 5.32 Å². The predicted molar refractivity (Wildman–Crippen MR) is 126 cm³/mol. The molecule has 4 aromatic rings. The van der Waals surface area contributed by atoms with Crippen molar-refractivity contribution in [3.05, 3.63) is 76.3 Å². The van der Waals surface area contributed by atoms with E-state index < -0.39 is 12.0 Å². The molecule has 0 saturated heterocycles. The zero-order valence-corrected chi connectivity index (χ0v) is 18.8. The van der Waals surface area contributed by atoms with Crippen molar-refractivity contribution in [3.63, 3.8) is 0 Å². The molecule has 0 fully saturated rings. The maximum atomic E-state index is 12.6. The van der Waals surface area contributed by atoms with E-state index in [0.717, 1.165) is 0 Å². The molecule has 2 amide bonds. The SMILES string of the molecule is C[C@H](Oc1cccc(Cl)c1Cl)C(=O)Nc1ccc2oc(-c3ccc(C(=O)NN)cc3)nc2c1. The first-order valence-electron chi connectivity index (χ1n) is 9.79. The van der Waals surface area contributed by atoms with Gasteiger partial charge in [-0.1, -0.05) is 29.3 Å². The highest BCUT2D eigenvalue weighted by atomic mass is 35.5. The predicted octanol–water partition coefficient (Wildman–Crippen LogP) is 4.81. The van der Waals surface area contributed by atoms with Crippen LogP contribution in [0, 0.1) is 0 Å². The third-order valence-corrected chi connectivity index (χ3v) is 5.57. The molecule has 1 aromatic heterocycles. The molecule has 1 heterocycles. The van der Waals surface area contributed by atoms with Crippen molar-refractivity contribution in [2.45, 2.75) is 13.0 Å². The topological polar surface area (TPSA) is 119 Å². The zero-order valence-electron chi connectivity index (χ0n) is 17.3. The molecule has 3 aromatic carbocycles. The minimum atomic E-state index is -0.825. The number of aromatic nitrogens is 1. The van der Waals surface area contributed by atoms with Crippen molar-refractivity contribution in [3.8, 4) is 17.2 Å². The van der Waals surface area contributed by atoms with Crippen molar-refractivity contribution in [2.24, 2.45) is 5.84 Å². The lowest BCUT2D eigenvalue weighted by molar-refractivity contribution is -0.122. The van der Waals surface area contributed by atoms with Crippen LogP contribution in [0.5, 0.6) is 5.75 Å². The summed E-state index contributed by atoms with van der Waals surface area (Å²) in [5, 5.41) is 3.37. The van der Waals surface area contributed by atoms with Gasteiger partial charge in [0.15, 0.2) is 11.7 Å². The van der Waals surface area contributed by atoms with Crippen LogP contribution < -0.4 is 21.3 Å². The monoisotopic (exact) mass is 484 g/mol. The van der Waals surface area contributed by atoms with Crippen LogP contribution in [0.4, 0.5) is 5.69 Å². The second-order valence-electron chi connectivity index (χ2n) is 7.05. The van der Waals surface area contributed by atoms with Gasteiger partial charge >= 0.3 is 0 Å². The quantitative estimate of drug-likeness (QED) is 0.205. The summed E-state index contributed by atoms with van der Waals surface area (Å²) in [7, 11) is 0. The van der Waals surface area contributed by atoms with Gasteiger partial charge in [-0.05, 0) is 61.5 Å².